The summed E-state index contributed by atoms with van der Waals surface area (Å²) in [5.74, 6) is -0.160. The zero-order valence-corrected chi connectivity index (χ0v) is 14.9. The zero-order valence-electron chi connectivity index (χ0n) is 12.5. The van der Waals surface area contributed by atoms with Crippen LogP contribution >= 0.6 is 27.7 Å². The van der Waals surface area contributed by atoms with Gasteiger partial charge < -0.3 is 9.64 Å². The Morgan fingerprint density at radius 2 is 2.09 bits per heavy atom. The summed E-state index contributed by atoms with van der Waals surface area (Å²) in [5, 5.41) is 0.785. The Morgan fingerprint density at radius 1 is 1.36 bits per heavy atom. The van der Waals surface area contributed by atoms with Crippen molar-refractivity contribution in [2.45, 2.75) is 26.1 Å². The standard InChI is InChI=1S/C16H17BrN2O2S/c1-10-8-19(9-11(2)21-10)16-18-15(20)14(22-16)7-12-4-3-5-13(17)6-12/h3-7,10-11H,8-9H2,1-2H3/b14-7+/t10-,11-/m1/s1. The Hall–Kier alpha value is -1.11. The first-order valence-corrected chi connectivity index (χ1v) is 8.81. The van der Waals surface area contributed by atoms with Gasteiger partial charge in [-0.3, -0.25) is 4.79 Å². The van der Waals surface area contributed by atoms with Crippen LogP contribution in [0.15, 0.2) is 38.6 Å². The second-order valence-corrected chi connectivity index (χ2v) is 7.45. The Balaban J connectivity index is 1.76. The maximum atomic E-state index is 12.1. The fourth-order valence-corrected chi connectivity index (χ4v) is 3.96. The number of carbonyl (C=O) groups is 1. The quantitative estimate of drug-likeness (QED) is 0.698. The van der Waals surface area contributed by atoms with Crippen molar-refractivity contribution in [2.75, 3.05) is 13.1 Å². The molecule has 1 aromatic carbocycles. The molecule has 1 aromatic rings. The van der Waals surface area contributed by atoms with Crippen LogP contribution in [0.4, 0.5) is 0 Å². The van der Waals surface area contributed by atoms with E-state index in [1.165, 1.54) is 11.8 Å². The average molecular weight is 381 g/mol. The Bertz CT molecular complexity index is 649. The van der Waals surface area contributed by atoms with Crippen molar-refractivity contribution < 1.29 is 9.53 Å². The third kappa shape index (κ3) is 3.62. The molecule has 2 aliphatic heterocycles. The summed E-state index contributed by atoms with van der Waals surface area (Å²) >= 11 is 4.89. The Morgan fingerprint density at radius 3 is 2.77 bits per heavy atom. The summed E-state index contributed by atoms with van der Waals surface area (Å²) in [5.41, 5.74) is 0.991. The van der Waals surface area contributed by atoms with Gasteiger partial charge in [-0.2, -0.15) is 4.99 Å². The minimum absolute atomic E-state index is 0.153. The number of morpholine rings is 1. The molecule has 2 heterocycles. The van der Waals surface area contributed by atoms with E-state index in [0.717, 1.165) is 28.3 Å². The Kier molecular flexibility index (Phi) is 4.70. The maximum Gasteiger partial charge on any atom is 0.286 e. The van der Waals surface area contributed by atoms with E-state index in [4.69, 9.17) is 4.74 Å². The molecule has 0 saturated carbocycles. The second kappa shape index (κ2) is 6.56. The maximum absolute atomic E-state index is 12.1. The second-order valence-electron chi connectivity index (χ2n) is 5.53. The van der Waals surface area contributed by atoms with Gasteiger partial charge in [-0.25, -0.2) is 0 Å². The molecular weight excluding hydrogens is 364 g/mol. The van der Waals surface area contributed by atoms with Crippen LogP contribution < -0.4 is 0 Å². The summed E-state index contributed by atoms with van der Waals surface area (Å²) in [7, 11) is 0. The molecule has 0 aromatic heterocycles. The number of nitrogens with zero attached hydrogens (tertiary/aromatic N) is 2. The molecule has 2 atom stereocenters. The number of aliphatic imine (C=N–C) groups is 1. The summed E-state index contributed by atoms with van der Waals surface area (Å²) in [4.78, 5) is 19.2. The smallest absolute Gasteiger partial charge is 0.286 e. The zero-order chi connectivity index (χ0) is 15.7. The van der Waals surface area contributed by atoms with Gasteiger partial charge in [0.25, 0.3) is 5.91 Å². The molecule has 1 fully saturated rings. The molecule has 0 radical (unpaired) electrons. The third-order valence-corrected chi connectivity index (χ3v) is 4.98. The lowest BCUT2D eigenvalue weighted by molar-refractivity contribution is -0.113. The molecule has 0 N–H and O–H groups in total. The lowest BCUT2D eigenvalue weighted by atomic mass is 10.2. The number of rotatable bonds is 1. The summed E-state index contributed by atoms with van der Waals surface area (Å²) in [6.07, 6.45) is 2.20. The molecule has 116 valence electrons. The highest BCUT2D eigenvalue weighted by molar-refractivity contribution is 9.10. The Labute approximate surface area is 142 Å². The highest BCUT2D eigenvalue weighted by Gasteiger charge is 2.30. The van der Waals surface area contributed by atoms with Crippen molar-refractivity contribution in [1.82, 2.24) is 4.90 Å². The van der Waals surface area contributed by atoms with Crippen LogP contribution in [0, 0.1) is 0 Å². The van der Waals surface area contributed by atoms with Crippen LogP contribution in [0.2, 0.25) is 0 Å². The van der Waals surface area contributed by atoms with E-state index in [0.29, 0.717) is 4.91 Å². The van der Waals surface area contributed by atoms with Crippen molar-refractivity contribution in [3.8, 4) is 0 Å². The van der Waals surface area contributed by atoms with Crippen molar-refractivity contribution in [2.24, 2.45) is 4.99 Å². The number of hydrogen-bond acceptors (Lipinski definition) is 4. The molecule has 1 amide bonds. The predicted molar refractivity (Wildman–Crippen MR) is 93.7 cm³/mol. The lowest BCUT2D eigenvalue weighted by Crippen LogP contribution is -2.47. The molecule has 0 unspecified atom stereocenters. The molecule has 0 aliphatic carbocycles. The molecule has 22 heavy (non-hydrogen) atoms. The van der Waals surface area contributed by atoms with Gasteiger partial charge in [0.05, 0.1) is 17.1 Å². The number of carbonyl (C=O) groups excluding carboxylic acids is 1. The average Bonchev–Trinajstić information content (AvgIpc) is 2.79. The van der Waals surface area contributed by atoms with E-state index >= 15 is 0 Å². The van der Waals surface area contributed by atoms with E-state index < -0.39 is 0 Å². The van der Waals surface area contributed by atoms with Gasteiger partial charge in [0.15, 0.2) is 5.17 Å². The van der Waals surface area contributed by atoms with Crippen molar-refractivity contribution in [3.63, 3.8) is 0 Å². The lowest BCUT2D eigenvalue weighted by Gasteiger charge is -2.35. The first-order chi connectivity index (χ1) is 10.5. The van der Waals surface area contributed by atoms with Crippen LogP contribution in [0.25, 0.3) is 6.08 Å². The summed E-state index contributed by atoms with van der Waals surface area (Å²) in [6.45, 7) is 5.63. The summed E-state index contributed by atoms with van der Waals surface area (Å²) in [6, 6.07) is 7.87. The van der Waals surface area contributed by atoms with Crippen molar-refractivity contribution in [3.05, 3.63) is 39.2 Å². The molecule has 3 rings (SSSR count). The van der Waals surface area contributed by atoms with Crippen LogP contribution in [-0.2, 0) is 9.53 Å². The van der Waals surface area contributed by atoms with E-state index in [2.05, 4.69) is 25.8 Å². The van der Waals surface area contributed by atoms with Crippen LogP contribution in [0.3, 0.4) is 0 Å². The van der Waals surface area contributed by atoms with Crippen molar-refractivity contribution >= 4 is 44.8 Å². The number of amides is 1. The molecule has 6 heteroatoms. The van der Waals surface area contributed by atoms with Gasteiger partial charge >= 0.3 is 0 Å². The van der Waals surface area contributed by atoms with E-state index in [9.17, 15) is 4.79 Å². The predicted octanol–water partition coefficient (Wildman–Crippen LogP) is 3.53. The number of ether oxygens (including phenoxy) is 1. The van der Waals surface area contributed by atoms with E-state index in [-0.39, 0.29) is 18.1 Å². The van der Waals surface area contributed by atoms with Gasteiger partial charge in [-0.05, 0) is 49.4 Å². The van der Waals surface area contributed by atoms with E-state index in [1.807, 2.05) is 44.2 Å². The highest BCUT2D eigenvalue weighted by atomic mass is 79.9. The molecule has 1 saturated heterocycles. The van der Waals surface area contributed by atoms with Crippen LogP contribution in [-0.4, -0.2) is 41.3 Å². The molecular formula is C16H17BrN2O2S. The molecule has 2 aliphatic rings. The SMILES string of the molecule is C[C@@H]1CN(C2=NC(=O)/C(=C\c3cccc(Br)c3)S2)C[C@@H](C)O1. The van der Waals surface area contributed by atoms with Gasteiger partial charge in [0.1, 0.15) is 0 Å². The van der Waals surface area contributed by atoms with Gasteiger partial charge in [-0.15, -0.1) is 0 Å². The minimum Gasteiger partial charge on any atom is -0.372 e. The number of benzene rings is 1. The number of amidine groups is 1. The third-order valence-electron chi connectivity index (χ3n) is 3.45. The van der Waals surface area contributed by atoms with Gasteiger partial charge in [-0.1, -0.05) is 28.1 Å². The molecule has 0 bridgehead atoms. The molecule has 0 spiro atoms. The fourth-order valence-electron chi connectivity index (χ4n) is 2.62. The van der Waals surface area contributed by atoms with Gasteiger partial charge in [0, 0.05) is 17.6 Å². The normalized spacial score (nSPS) is 27.4. The monoisotopic (exact) mass is 380 g/mol. The minimum atomic E-state index is -0.160. The highest BCUT2D eigenvalue weighted by Crippen LogP contribution is 2.31. The number of halogens is 1. The largest absolute Gasteiger partial charge is 0.372 e. The first-order valence-electron chi connectivity index (χ1n) is 7.20. The topological polar surface area (TPSA) is 41.9 Å². The summed E-state index contributed by atoms with van der Waals surface area (Å²) < 4.78 is 6.72. The van der Waals surface area contributed by atoms with E-state index in [1.54, 1.807) is 0 Å². The van der Waals surface area contributed by atoms with Crippen LogP contribution in [0.1, 0.15) is 19.4 Å². The van der Waals surface area contributed by atoms with Gasteiger partial charge in [0.2, 0.25) is 0 Å². The van der Waals surface area contributed by atoms with Crippen LogP contribution in [0.5, 0.6) is 0 Å². The fraction of sp³-hybridized carbons (Fsp3) is 0.375. The molecule has 4 nitrogen and oxygen atoms in total. The number of hydrogen-bond donors (Lipinski definition) is 0. The number of thioether (sulfide) groups is 1. The first kappa shape index (κ1) is 15.8. The van der Waals surface area contributed by atoms with Crippen molar-refractivity contribution in [1.29, 1.82) is 0 Å².